The number of hydrogen-bond donors (Lipinski definition) is 1. The van der Waals surface area contributed by atoms with E-state index in [1.807, 2.05) is 0 Å². The van der Waals surface area contributed by atoms with E-state index in [0.717, 1.165) is 12.3 Å². The van der Waals surface area contributed by atoms with Crippen LogP contribution < -0.4 is 0 Å². The molecule has 1 atom stereocenters. The molecule has 1 N–H and O–H groups in total. The average molecular weight is 182 g/mol. The molecule has 0 aromatic heterocycles. The third kappa shape index (κ3) is 2.25. The second-order valence-electron chi connectivity index (χ2n) is 5.41. The Labute approximate surface area is 81.5 Å². The molecule has 0 saturated heterocycles. The lowest BCUT2D eigenvalue weighted by molar-refractivity contribution is 0.000674. The van der Waals surface area contributed by atoms with Crippen LogP contribution in [0, 0.1) is 11.3 Å². The maximum Gasteiger partial charge on any atom is 0.0596 e. The zero-order valence-electron chi connectivity index (χ0n) is 8.76. The SMILES string of the molecule is CC1(C(O)CC2CC2)CCCCC1. The fourth-order valence-corrected chi connectivity index (χ4v) is 2.65. The van der Waals surface area contributed by atoms with E-state index in [0.29, 0.717) is 0 Å². The van der Waals surface area contributed by atoms with Gasteiger partial charge in [-0.2, -0.15) is 0 Å². The summed E-state index contributed by atoms with van der Waals surface area (Å²) < 4.78 is 0. The second-order valence-corrected chi connectivity index (χ2v) is 5.41. The van der Waals surface area contributed by atoms with Gasteiger partial charge in [0.25, 0.3) is 0 Å². The van der Waals surface area contributed by atoms with Crippen LogP contribution in [0.2, 0.25) is 0 Å². The van der Waals surface area contributed by atoms with Gasteiger partial charge in [-0.15, -0.1) is 0 Å². The normalized spacial score (nSPS) is 30.0. The first-order chi connectivity index (χ1) is 6.21. The highest BCUT2D eigenvalue weighted by Gasteiger charge is 2.37. The van der Waals surface area contributed by atoms with Gasteiger partial charge in [0.15, 0.2) is 0 Å². The topological polar surface area (TPSA) is 20.2 Å². The number of aliphatic hydroxyl groups excluding tert-OH is 1. The van der Waals surface area contributed by atoms with E-state index in [1.165, 1.54) is 44.9 Å². The fourth-order valence-electron chi connectivity index (χ4n) is 2.65. The van der Waals surface area contributed by atoms with Crippen molar-refractivity contribution < 1.29 is 5.11 Å². The van der Waals surface area contributed by atoms with E-state index >= 15 is 0 Å². The number of hydrogen-bond acceptors (Lipinski definition) is 1. The molecule has 0 amide bonds. The Morgan fingerprint density at radius 3 is 2.38 bits per heavy atom. The molecule has 13 heavy (non-hydrogen) atoms. The molecule has 2 aliphatic carbocycles. The predicted molar refractivity (Wildman–Crippen MR) is 54.5 cm³/mol. The van der Waals surface area contributed by atoms with Gasteiger partial charge in [0.1, 0.15) is 0 Å². The van der Waals surface area contributed by atoms with Crippen molar-refractivity contribution in [1.82, 2.24) is 0 Å². The van der Waals surface area contributed by atoms with Crippen molar-refractivity contribution in [3.05, 3.63) is 0 Å². The Balaban J connectivity index is 1.86. The third-order valence-electron chi connectivity index (χ3n) is 4.05. The summed E-state index contributed by atoms with van der Waals surface area (Å²) in [7, 11) is 0. The van der Waals surface area contributed by atoms with Crippen LogP contribution in [-0.4, -0.2) is 11.2 Å². The average Bonchev–Trinajstić information content (AvgIpc) is 2.89. The molecule has 2 saturated carbocycles. The Morgan fingerprint density at radius 2 is 1.85 bits per heavy atom. The third-order valence-corrected chi connectivity index (χ3v) is 4.05. The predicted octanol–water partition coefficient (Wildman–Crippen LogP) is 3.12. The Bertz CT molecular complexity index is 166. The first-order valence-electron chi connectivity index (χ1n) is 5.89. The molecule has 76 valence electrons. The monoisotopic (exact) mass is 182 g/mol. The smallest absolute Gasteiger partial charge is 0.0596 e. The van der Waals surface area contributed by atoms with E-state index in [2.05, 4.69) is 6.92 Å². The van der Waals surface area contributed by atoms with Crippen molar-refractivity contribution in [2.24, 2.45) is 11.3 Å². The van der Waals surface area contributed by atoms with Crippen LogP contribution in [0.3, 0.4) is 0 Å². The molecule has 1 unspecified atom stereocenters. The fraction of sp³-hybridized carbons (Fsp3) is 1.00. The number of rotatable bonds is 3. The lowest BCUT2D eigenvalue weighted by Crippen LogP contribution is -2.34. The highest BCUT2D eigenvalue weighted by Crippen LogP contribution is 2.44. The summed E-state index contributed by atoms with van der Waals surface area (Å²) in [5.41, 5.74) is 0.265. The van der Waals surface area contributed by atoms with Crippen molar-refractivity contribution in [3.63, 3.8) is 0 Å². The maximum absolute atomic E-state index is 10.1. The minimum absolute atomic E-state index is 0.0136. The minimum Gasteiger partial charge on any atom is -0.393 e. The van der Waals surface area contributed by atoms with Crippen molar-refractivity contribution in [3.8, 4) is 0 Å². The van der Waals surface area contributed by atoms with Gasteiger partial charge in [-0.05, 0) is 30.6 Å². The molecule has 1 heteroatoms. The van der Waals surface area contributed by atoms with Gasteiger partial charge >= 0.3 is 0 Å². The van der Waals surface area contributed by atoms with Gasteiger partial charge < -0.3 is 5.11 Å². The molecule has 2 aliphatic rings. The highest BCUT2D eigenvalue weighted by molar-refractivity contribution is 4.88. The van der Waals surface area contributed by atoms with E-state index in [4.69, 9.17) is 0 Å². The Morgan fingerprint density at radius 1 is 1.23 bits per heavy atom. The van der Waals surface area contributed by atoms with Gasteiger partial charge in [0, 0.05) is 0 Å². The molecule has 0 bridgehead atoms. The quantitative estimate of drug-likeness (QED) is 0.711. The summed E-state index contributed by atoms with van der Waals surface area (Å²) in [4.78, 5) is 0. The van der Waals surface area contributed by atoms with Gasteiger partial charge in [-0.1, -0.05) is 39.0 Å². The van der Waals surface area contributed by atoms with Crippen LogP contribution >= 0.6 is 0 Å². The summed E-state index contributed by atoms with van der Waals surface area (Å²) in [6, 6.07) is 0. The van der Waals surface area contributed by atoms with Crippen LogP contribution in [0.1, 0.15) is 58.3 Å². The standard InChI is InChI=1S/C12H22O/c1-12(7-3-2-4-8-12)11(13)9-10-5-6-10/h10-11,13H,2-9H2,1H3. The molecule has 0 heterocycles. The summed E-state index contributed by atoms with van der Waals surface area (Å²) in [6.45, 7) is 2.29. The largest absolute Gasteiger partial charge is 0.393 e. The summed E-state index contributed by atoms with van der Waals surface area (Å²) in [6.07, 6.45) is 10.3. The summed E-state index contributed by atoms with van der Waals surface area (Å²) in [5.74, 6) is 0.869. The van der Waals surface area contributed by atoms with Gasteiger partial charge in [-0.25, -0.2) is 0 Å². The van der Waals surface area contributed by atoms with Gasteiger partial charge in [0.2, 0.25) is 0 Å². The molecule has 0 spiro atoms. The van der Waals surface area contributed by atoms with E-state index < -0.39 is 0 Å². The molecule has 2 rings (SSSR count). The van der Waals surface area contributed by atoms with Crippen molar-refractivity contribution >= 4 is 0 Å². The van der Waals surface area contributed by atoms with E-state index in [-0.39, 0.29) is 11.5 Å². The first kappa shape index (κ1) is 9.51. The highest BCUT2D eigenvalue weighted by atomic mass is 16.3. The zero-order valence-corrected chi connectivity index (χ0v) is 8.76. The molecule has 2 fully saturated rings. The summed E-state index contributed by atoms with van der Waals surface area (Å²) >= 11 is 0. The van der Waals surface area contributed by atoms with Gasteiger partial charge in [0.05, 0.1) is 6.10 Å². The molecule has 0 radical (unpaired) electrons. The molecule has 0 aliphatic heterocycles. The van der Waals surface area contributed by atoms with Crippen LogP contribution in [0.4, 0.5) is 0 Å². The number of aliphatic hydroxyl groups is 1. The lowest BCUT2D eigenvalue weighted by Gasteiger charge is -2.38. The molecular formula is C12H22O. The summed E-state index contributed by atoms with van der Waals surface area (Å²) in [5, 5.41) is 10.1. The van der Waals surface area contributed by atoms with E-state index in [9.17, 15) is 5.11 Å². The molecular weight excluding hydrogens is 160 g/mol. The Hall–Kier alpha value is -0.0400. The minimum atomic E-state index is -0.0136. The zero-order chi connectivity index (χ0) is 9.31. The lowest BCUT2D eigenvalue weighted by atomic mass is 9.70. The Kier molecular flexibility index (Phi) is 2.64. The van der Waals surface area contributed by atoms with Gasteiger partial charge in [-0.3, -0.25) is 0 Å². The van der Waals surface area contributed by atoms with Crippen LogP contribution in [-0.2, 0) is 0 Å². The molecule has 1 nitrogen and oxygen atoms in total. The van der Waals surface area contributed by atoms with Crippen molar-refractivity contribution in [1.29, 1.82) is 0 Å². The van der Waals surface area contributed by atoms with Crippen LogP contribution in [0.5, 0.6) is 0 Å². The first-order valence-corrected chi connectivity index (χ1v) is 5.89. The van der Waals surface area contributed by atoms with Crippen molar-refractivity contribution in [2.45, 2.75) is 64.4 Å². The molecule has 0 aromatic carbocycles. The van der Waals surface area contributed by atoms with Crippen LogP contribution in [0.25, 0.3) is 0 Å². The van der Waals surface area contributed by atoms with E-state index in [1.54, 1.807) is 0 Å². The van der Waals surface area contributed by atoms with Crippen molar-refractivity contribution in [2.75, 3.05) is 0 Å². The molecule has 0 aromatic rings. The second kappa shape index (κ2) is 3.61. The maximum atomic E-state index is 10.1. The van der Waals surface area contributed by atoms with Crippen LogP contribution in [0.15, 0.2) is 0 Å².